The van der Waals surface area contributed by atoms with Crippen LogP contribution < -0.4 is 11.3 Å². The van der Waals surface area contributed by atoms with Crippen molar-refractivity contribution in [3.63, 3.8) is 0 Å². The number of hydrogen-bond donors (Lipinski definition) is 2. The Bertz CT molecular complexity index is 346. The summed E-state index contributed by atoms with van der Waals surface area (Å²) in [6.45, 7) is 7.35. The van der Waals surface area contributed by atoms with Crippen LogP contribution in [0.25, 0.3) is 0 Å². The van der Waals surface area contributed by atoms with Gasteiger partial charge in [0.15, 0.2) is 0 Å². The molecule has 0 bridgehead atoms. The molecule has 110 valence electrons. The summed E-state index contributed by atoms with van der Waals surface area (Å²) in [5.74, 6) is 5.68. The van der Waals surface area contributed by atoms with Gasteiger partial charge in [-0.1, -0.05) is 39.0 Å². The van der Waals surface area contributed by atoms with Crippen LogP contribution in [0.2, 0.25) is 0 Å². The Labute approximate surface area is 117 Å². The van der Waals surface area contributed by atoms with Crippen LogP contribution in [0.3, 0.4) is 0 Å². The van der Waals surface area contributed by atoms with E-state index in [2.05, 4.69) is 35.1 Å². The summed E-state index contributed by atoms with van der Waals surface area (Å²) in [6, 6.07) is 2.54. The van der Waals surface area contributed by atoms with E-state index in [-0.39, 0.29) is 0 Å². The molecule has 1 unspecified atom stereocenters. The molecule has 0 fully saturated rings. The van der Waals surface area contributed by atoms with E-state index < -0.39 is 0 Å². The van der Waals surface area contributed by atoms with Crippen LogP contribution in [-0.4, -0.2) is 15.8 Å². The maximum atomic E-state index is 5.68. The molecule has 1 aromatic rings. The van der Waals surface area contributed by atoms with Crippen molar-refractivity contribution in [3.05, 3.63) is 17.5 Å². The number of aromatic nitrogens is 2. The van der Waals surface area contributed by atoms with Gasteiger partial charge in [0.05, 0.1) is 5.69 Å². The molecule has 4 nitrogen and oxygen atoms in total. The van der Waals surface area contributed by atoms with Crippen molar-refractivity contribution in [1.29, 1.82) is 0 Å². The molecule has 19 heavy (non-hydrogen) atoms. The van der Waals surface area contributed by atoms with Crippen molar-refractivity contribution < 1.29 is 0 Å². The quantitative estimate of drug-likeness (QED) is 0.389. The maximum Gasteiger partial charge on any atom is 0.0596 e. The van der Waals surface area contributed by atoms with Gasteiger partial charge in [-0.2, -0.15) is 5.10 Å². The highest BCUT2D eigenvalue weighted by Crippen LogP contribution is 2.12. The number of rotatable bonds is 10. The number of hydrogen-bond acceptors (Lipinski definition) is 3. The van der Waals surface area contributed by atoms with Crippen molar-refractivity contribution in [1.82, 2.24) is 15.2 Å². The number of nitrogens with zero attached hydrogens (tertiary/aromatic N) is 2. The lowest BCUT2D eigenvalue weighted by Gasteiger charge is -2.16. The molecule has 1 heterocycles. The summed E-state index contributed by atoms with van der Waals surface area (Å²) < 4.78 is 2.08. The Morgan fingerprint density at radius 2 is 2.00 bits per heavy atom. The van der Waals surface area contributed by atoms with E-state index in [4.69, 9.17) is 5.84 Å². The Hall–Kier alpha value is -0.870. The number of aryl methyl sites for hydroxylation is 2. The standard InChI is InChI=1S/C15H30N4/c1-4-6-7-8-9-10-14(17-16)12-15-11-13(3)18-19(15)5-2/h11,14,17H,4-10,12,16H2,1-3H3. The zero-order valence-electron chi connectivity index (χ0n) is 12.8. The molecule has 0 radical (unpaired) electrons. The van der Waals surface area contributed by atoms with E-state index in [1.54, 1.807) is 0 Å². The zero-order valence-corrected chi connectivity index (χ0v) is 12.8. The van der Waals surface area contributed by atoms with Gasteiger partial charge in [0, 0.05) is 24.7 Å². The second-order valence-corrected chi connectivity index (χ2v) is 5.36. The molecule has 0 spiro atoms. The van der Waals surface area contributed by atoms with Crippen LogP contribution in [0.4, 0.5) is 0 Å². The first kappa shape index (κ1) is 16.2. The van der Waals surface area contributed by atoms with Crippen molar-refractivity contribution in [2.45, 2.75) is 78.3 Å². The largest absolute Gasteiger partial charge is 0.271 e. The van der Waals surface area contributed by atoms with Gasteiger partial charge in [-0.3, -0.25) is 16.0 Å². The molecule has 0 amide bonds. The Kier molecular flexibility index (Phi) is 7.75. The first-order valence-corrected chi connectivity index (χ1v) is 7.70. The number of nitrogens with two attached hydrogens (primary N) is 1. The van der Waals surface area contributed by atoms with Gasteiger partial charge in [-0.05, 0) is 26.3 Å². The molecule has 0 saturated carbocycles. The van der Waals surface area contributed by atoms with Crippen molar-refractivity contribution >= 4 is 0 Å². The second-order valence-electron chi connectivity index (χ2n) is 5.36. The van der Waals surface area contributed by atoms with Gasteiger partial charge in [-0.25, -0.2) is 0 Å². The minimum atomic E-state index is 0.364. The van der Waals surface area contributed by atoms with Crippen LogP contribution in [-0.2, 0) is 13.0 Å². The van der Waals surface area contributed by atoms with E-state index in [1.165, 1.54) is 37.8 Å². The third-order valence-corrected chi connectivity index (χ3v) is 3.63. The highest BCUT2D eigenvalue weighted by atomic mass is 15.3. The van der Waals surface area contributed by atoms with Crippen LogP contribution in [0.15, 0.2) is 6.07 Å². The minimum Gasteiger partial charge on any atom is -0.271 e. The van der Waals surface area contributed by atoms with Crippen molar-refractivity contribution in [3.8, 4) is 0 Å². The van der Waals surface area contributed by atoms with Gasteiger partial charge >= 0.3 is 0 Å². The summed E-state index contributed by atoms with van der Waals surface area (Å²) in [7, 11) is 0. The van der Waals surface area contributed by atoms with Gasteiger partial charge in [0.25, 0.3) is 0 Å². The average molecular weight is 266 g/mol. The summed E-state index contributed by atoms with van der Waals surface area (Å²) in [4.78, 5) is 0. The highest BCUT2D eigenvalue weighted by molar-refractivity contribution is 5.10. The smallest absolute Gasteiger partial charge is 0.0596 e. The van der Waals surface area contributed by atoms with Crippen LogP contribution in [0.1, 0.15) is 63.8 Å². The fourth-order valence-corrected chi connectivity index (χ4v) is 2.53. The van der Waals surface area contributed by atoms with E-state index in [0.717, 1.165) is 25.1 Å². The van der Waals surface area contributed by atoms with Gasteiger partial charge in [-0.15, -0.1) is 0 Å². The lowest BCUT2D eigenvalue weighted by Crippen LogP contribution is -2.37. The van der Waals surface area contributed by atoms with Crippen LogP contribution in [0.5, 0.6) is 0 Å². The average Bonchev–Trinajstić information content (AvgIpc) is 2.77. The molecule has 0 aliphatic rings. The van der Waals surface area contributed by atoms with Gasteiger partial charge < -0.3 is 0 Å². The molecule has 0 aromatic carbocycles. The normalized spacial score (nSPS) is 12.8. The topological polar surface area (TPSA) is 55.9 Å². The molecule has 0 aliphatic heterocycles. The van der Waals surface area contributed by atoms with Crippen LogP contribution >= 0.6 is 0 Å². The van der Waals surface area contributed by atoms with Gasteiger partial charge in [0.2, 0.25) is 0 Å². The first-order chi connectivity index (χ1) is 9.21. The fourth-order valence-electron chi connectivity index (χ4n) is 2.53. The number of unbranched alkanes of at least 4 members (excludes halogenated alkanes) is 4. The molecule has 0 saturated heterocycles. The molecular weight excluding hydrogens is 236 g/mol. The first-order valence-electron chi connectivity index (χ1n) is 7.70. The van der Waals surface area contributed by atoms with E-state index in [9.17, 15) is 0 Å². The van der Waals surface area contributed by atoms with E-state index in [1.807, 2.05) is 6.92 Å². The van der Waals surface area contributed by atoms with Crippen LogP contribution in [0, 0.1) is 6.92 Å². The maximum absolute atomic E-state index is 5.68. The monoisotopic (exact) mass is 266 g/mol. The van der Waals surface area contributed by atoms with Gasteiger partial charge in [0.1, 0.15) is 0 Å². The van der Waals surface area contributed by atoms with E-state index in [0.29, 0.717) is 6.04 Å². The third kappa shape index (κ3) is 5.74. The summed E-state index contributed by atoms with van der Waals surface area (Å²) in [5, 5.41) is 4.49. The van der Waals surface area contributed by atoms with Crippen molar-refractivity contribution in [2.75, 3.05) is 0 Å². The third-order valence-electron chi connectivity index (χ3n) is 3.63. The SMILES string of the molecule is CCCCCCCC(Cc1cc(C)nn1CC)NN. The predicted molar refractivity (Wildman–Crippen MR) is 80.8 cm³/mol. The lowest BCUT2D eigenvalue weighted by molar-refractivity contribution is 0.447. The highest BCUT2D eigenvalue weighted by Gasteiger charge is 2.11. The molecule has 4 heteroatoms. The van der Waals surface area contributed by atoms with E-state index >= 15 is 0 Å². The minimum absolute atomic E-state index is 0.364. The summed E-state index contributed by atoms with van der Waals surface area (Å²) in [6.07, 6.45) is 8.69. The molecule has 1 atom stereocenters. The molecule has 1 rings (SSSR count). The lowest BCUT2D eigenvalue weighted by atomic mass is 10.0. The Morgan fingerprint density at radius 3 is 2.63 bits per heavy atom. The zero-order chi connectivity index (χ0) is 14.1. The summed E-state index contributed by atoms with van der Waals surface area (Å²) in [5.41, 5.74) is 5.34. The molecule has 1 aromatic heterocycles. The second kappa shape index (κ2) is 9.10. The van der Waals surface area contributed by atoms with Crippen molar-refractivity contribution in [2.24, 2.45) is 5.84 Å². The number of hydrazine groups is 1. The Balaban J connectivity index is 2.38. The fraction of sp³-hybridized carbons (Fsp3) is 0.800. The summed E-state index contributed by atoms with van der Waals surface area (Å²) >= 11 is 0. The molecule has 3 N–H and O–H groups in total. The molecular formula is C15H30N4. The molecule has 0 aliphatic carbocycles. The number of nitrogens with one attached hydrogen (secondary N) is 1. The Morgan fingerprint density at radius 1 is 1.26 bits per heavy atom. The predicted octanol–water partition coefficient (Wildman–Crippen LogP) is 2.95.